The number of benzene rings is 1. The maximum atomic E-state index is 12.6. The van der Waals surface area contributed by atoms with Gasteiger partial charge in [0.25, 0.3) is 0 Å². The van der Waals surface area contributed by atoms with Gasteiger partial charge in [-0.2, -0.15) is 0 Å². The van der Waals surface area contributed by atoms with Crippen LogP contribution < -0.4 is 4.74 Å². The molecule has 1 aromatic rings. The van der Waals surface area contributed by atoms with E-state index < -0.39 is 17.8 Å². The number of rotatable bonds is 3. The van der Waals surface area contributed by atoms with Gasteiger partial charge in [-0.25, -0.2) is 0 Å². The van der Waals surface area contributed by atoms with Crippen molar-refractivity contribution >= 4 is 17.5 Å². The number of phenols is 1. The van der Waals surface area contributed by atoms with Crippen molar-refractivity contribution in [3.05, 3.63) is 35.0 Å². The molecule has 0 spiro atoms. The third-order valence-corrected chi connectivity index (χ3v) is 4.85. The van der Waals surface area contributed by atoms with Crippen molar-refractivity contribution in [1.29, 1.82) is 0 Å². The summed E-state index contributed by atoms with van der Waals surface area (Å²) in [5, 5.41) is 10.2. The van der Waals surface area contributed by atoms with E-state index in [4.69, 9.17) is 9.47 Å². The number of allylic oxidation sites excluding steroid dienone is 2. The summed E-state index contributed by atoms with van der Waals surface area (Å²) in [6, 6.07) is 4.95. The Labute approximate surface area is 146 Å². The van der Waals surface area contributed by atoms with Crippen molar-refractivity contribution in [2.24, 2.45) is 10.9 Å². The second kappa shape index (κ2) is 6.70. The number of ketones is 1. The first-order valence-electron chi connectivity index (χ1n) is 8.24. The van der Waals surface area contributed by atoms with E-state index in [0.717, 1.165) is 12.1 Å². The lowest BCUT2D eigenvalue weighted by Gasteiger charge is -2.34. The number of nitrogens with zero attached hydrogens (tertiary/aromatic N) is 1. The standard InChI is InChI=1S/C19H21NO5/c1-10-16(19(23)25-3)17(11-7-8-15(24-2)14(22)9-11)18-12(20-10)5-4-6-13(18)21/h7-9,16-17,22H,4-6H2,1-3H3/t16?,17-/m0/s1. The maximum absolute atomic E-state index is 12.6. The molecular weight excluding hydrogens is 322 g/mol. The number of esters is 1. The molecule has 25 heavy (non-hydrogen) atoms. The number of carbonyl (C=O) groups is 2. The number of methoxy groups -OCH3 is 2. The number of aromatic hydroxyl groups is 1. The Bertz CT molecular complexity index is 793. The molecule has 1 unspecified atom stereocenters. The quantitative estimate of drug-likeness (QED) is 0.853. The van der Waals surface area contributed by atoms with Crippen molar-refractivity contribution in [2.45, 2.75) is 32.1 Å². The first-order valence-corrected chi connectivity index (χ1v) is 8.24. The number of hydrogen-bond donors (Lipinski definition) is 1. The third-order valence-electron chi connectivity index (χ3n) is 4.85. The van der Waals surface area contributed by atoms with Crippen molar-refractivity contribution < 1.29 is 24.2 Å². The van der Waals surface area contributed by atoms with Crippen LogP contribution in [0.15, 0.2) is 34.5 Å². The van der Waals surface area contributed by atoms with Gasteiger partial charge in [0.05, 0.1) is 14.2 Å². The van der Waals surface area contributed by atoms with E-state index in [0.29, 0.717) is 35.4 Å². The average Bonchev–Trinajstić information content (AvgIpc) is 2.60. The van der Waals surface area contributed by atoms with E-state index in [1.807, 2.05) is 0 Å². The van der Waals surface area contributed by atoms with E-state index in [1.54, 1.807) is 25.1 Å². The first-order chi connectivity index (χ1) is 12.0. The molecule has 0 radical (unpaired) electrons. The molecule has 0 bridgehead atoms. The minimum Gasteiger partial charge on any atom is -0.504 e. The molecule has 6 heteroatoms. The highest BCUT2D eigenvalue weighted by Crippen LogP contribution is 2.45. The summed E-state index contributed by atoms with van der Waals surface area (Å²) in [4.78, 5) is 29.6. The highest BCUT2D eigenvalue weighted by atomic mass is 16.5. The Morgan fingerprint density at radius 1 is 1.28 bits per heavy atom. The van der Waals surface area contributed by atoms with E-state index in [-0.39, 0.29) is 11.5 Å². The minimum absolute atomic E-state index is 0.00621. The van der Waals surface area contributed by atoms with Crippen LogP contribution in [0.25, 0.3) is 0 Å². The van der Waals surface area contributed by atoms with Gasteiger partial charge < -0.3 is 14.6 Å². The summed E-state index contributed by atoms with van der Waals surface area (Å²) in [6.07, 6.45) is 1.92. The number of carbonyl (C=O) groups excluding carboxylic acids is 2. The molecule has 1 aromatic carbocycles. The lowest BCUT2D eigenvalue weighted by molar-refractivity contribution is -0.143. The molecule has 1 aliphatic carbocycles. The summed E-state index contributed by atoms with van der Waals surface area (Å²) in [7, 11) is 2.79. The first kappa shape index (κ1) is 17.2. The monoisotopic (exact) mass is 343 g/mol. The third kappa shape index (κ3) is 2.92. The van der Waals surface area contributed by atoms with Gasteiger partial charge in [-0.15, -0.1) is 0 Å². The van der Waals surface area contributed by atoms with Crippen molar-refractivity contribution in [1.82, 2.24) is 0 Å². The number of phenolic OH excluding ortho intramolecular Hbond substituents is 1. The summed E-state index contributed by atoms with van der Waals surface area (Å²) in [6.45, 7) is 1.78. The van der Waals surface area contributed by atoms with Gasteiger partial charge >= 0.3 is 5.97 Å². The van der Waals surface area contributed by atoms with Gasteiger partial charge in [0, 0.05) is 29.3 Å². The largest absolute Gasteiger partial charge is 0.504 e. The van der Waals surface area contributed by atoms with Crippen LogP contribution in [0.2, 0.25) is 0 Å². The van der Waals surface area contributed by atoms with Crippen LogP contribution in [0, 0.1) is 5.92 Å². The SMILES string of the molecule is COC(=O)C1C(C)=NC2=C(C(=O)CCC2)[C@H]1c1ccc(OC)c(O)c1. The summed E-state index contributed by atoms with van der Waals surface area (Å²) in [5.41, 5.74) is 2.61. The molecule has 2 atom stereocenters. The molecule has 1 aliphatic heterocycles. The van der Waals surface area contributed by atoms with E-state index in [2.05, 4.69) is 4.99 Å². The smallest absolute Gasteiger partial charge is 0.315 e. The summed E-state index contributed by atoms with van der Waals surface area (Å²) >= 11 is 0. The number of Topliss-reactive ketones (excluding diaryl/α,β-unsaturated/α-hetero) is 1. The van der Waals surface area contributed by atoms with Crippen molar-refractivity contribution in [3.8, 4) is 11.5 Å². The van der Waals surface area contributed by atoms with Crippen LogP contribution >= 0.6 is 0 Å². The lowest BCUT2D eigenvalue weighted by Crippen LogP contribution is -2.36. The molecule has 0 saturated heterocycles. The maximum Gasteiger partial charge on any atom is 0.315 e. The van der Waals surface area contributed by atoms with E-state index in [1.165, 1.54) is 14.2 Å². The van der Waals surface area contributed by atoms with E-state index in [9.17, 15) is 14.7 Å². The van der Waals surface area contributed by atoms with Crippen molar-refractivity contribution in [2.75, 3.05) is 14.2 Å². The Morgan fingerprint density at radius 2 is 2.04 bits per heavy atom. The molecule has 1 N–H and O–H groups in total. The zero-order chi connectivity index (χ0) is 18.1. The predicted molar refractivity (Wildman–Crippen MR) is 91.9 cm³/mol. The fourth-order valence-electron chi connectivity index (χ4n) is 3.70. The Kier molecular flexibility index (Phi) is 4.61. The van der Waals surface area contributed by atoms with Crippen LogP contribution in [-0.2, 0) is 14.3 Å². The lowest BCUT2D eigenvalue weighted by atomic mass is 9.71. The fourth-order valence-corrected chi connectivity index (χ4v) is 3.70. The minimum atomic E-state index is -0.682. The van der Waals surface area contributed by atoms with Gasteiger partial charge in [0.2, 0.25) is 0 Å². The van der Waals surface area contributed by atoms with E-state index >= 15 is 0 Å². The number of ether oxygens (including phenoxy) is 2. The number of hydrogen-bond acceptors (Lipinski definition) is 6. The molecule has 0 amide bonds. The zero-order valence-corrected chi connectivity index (χ0v) is 14.5. The zero-order valence-electron chi connectivity index (χ0n) is 14.5. The summed E-state index contributed by atoms with van der Waals surface area (Å²) in [5.74, 6) is -1.32. The molecule has 0 saturated carbocycles. The average molecular weight is 343 g/mol. The highest BCUT2D eigenvalue weighted by molar-refractivity contribution is 6.08. The van der Waals surface area contributed by atoms with Gasteiger partial charge in [-0.05, 0) is 37.5 Å². The van der Waals surface area contributed by atoms with Gasteiger partial charge in [-0.3, -0.25) is 14.6 Å². The molecule has 0 fully saturated rings. The molecule has 2 aliphatic rings. The number of aliphatic imine (C=N–C) groups is 1. The topological polar surface area (TPSA) is 85.2 Å². The van der Waals surface area contributed by atoms with Crippen LogP contribution in [0.3, 0.4) is 0 Å². The molecule has 132 valence electrons. The van der Waals surface area contributed by atoms with Crippen LogP contribution in [0.5, 0.6) is 11.5 Å². The second-order valence-electron chi connectivity index (χ2n) is 6.30. The summed E-state index contributed by atoms with van der Waals surface area (Å²) < 4.78 is 10.0. The molecule has 1 heterocycles. The predicted octanol–water partition coefficient (Wildman–Crippen LogP) is 2.76. The van der Waals surface area contributed by atoms with Crippen LogP contribution in [-0.4, -0.2) is 36.8 Å². The van der Waals surface area contributed by atoms with Crippen LogP contribution in [0.1, 0.15) is 37.7 Å². The molecule has 6 nitrogen and oxygen atoms in total. The Balaban J connectivity index is 2.18. The fraction of sp³-hybridized carbons (Fsp3) is 0.421. The van der Waals surface area contributed by atoms with Gasteiger partial charge in [0.15, 0.2) is 17.3 Å². The normalized spacial score (nSPS) is 23.0. The Morgan fingerprint density at radius 3 is 2.68 bits per heavy atom. The Hall–Kier alpha value is -2.63. The highest BCUT2D eigenvalue weighted by Gasteiger charge is 2.43. The second-order valence-corrected chi connectivity index (χ2v) is 6.30. The van der Waals surface area contributed by atoms with Gasteiger partial charge in [0.1, 0.15) is 5.92 Å². The van der Waals surface area contributed by atoms with Gasteiger partial charge in [-0.1, -0.05) is 6.07 Å². The van der Waals surface area contributed by atoms with Crippen LogP contribution in [0.4, 0.5) is 0 Å². The molecular formula is C19H21NO5. The molecule has 0 aromatic heterocycles. The van der Waals surface area contributed by atoms with Crippen molar-refractivity contribution in [3.63, 3.8) is 0 Å². The molecule has 3 rings (SSSR count).